The maximum Gasteiger partial charge on any atom is 0.251 e. The van der Waals surface area contributed by atoms with Crippen LogP contribution in [0.1, 0.15) is 54.1 Å². The van der Waals surface area contributed by atoms with Crippen LogP contribution in [0.15, 0.2) is 40.8 Å². The van der Waals surface area contributed by atoms with E-state index in [1.807, 2.05) is 6.07 Å². The Morgan fingerprint density at radius 1 is 1.12 bits per heavy atom. The van der Waals surface area contributed by atoms with E-state index in [2.05, 4.69) is 34.3 Å². The van der Waals surface area contributed by atoms with Gasteiger partial charge in [0, 0.05) is 17.5 Å². The van der Waals surface area contributed by atoms with Gasteiger partial charge in [0.05, 0.1) is 12.6 Å². The Morgan fingerprint density at radius 2 is 1.84 bits per heavy atom. The number of ketones is 1. The predicted octanol–water partition coefficient (Wildman–Crippen LogP) is 1.58. The molecule has 7 nitrogen and oxygen atoms in total. The summed E-state index contributed by atoms with van der Waals surface area (Å²) in [6.45, 7) is 5.27. The van der Waals surface area contributed by atoms with Crippen LogP contribution in [-0.4, -0.2) is 42.0 Å². The maximum absolute atomic E-state index is 12.4. The van der Waals surface area contributed by atoms with E-state index < -0.39 is 18.1 Å². The normalized spacial score (nSPS) is 12.0. The van der Waals surface area contributed by atoms with Gasteiger partial charge in [-0.15, -0.1) is 0 Å². The highest BCUT2D eigenvalue weighted by molar-refractivity contribution is 5.98. The monoisotopic (exact) mass is 435 g/mol. The number of aliphatic hydroxyl groups is 1. The lowest BCUT2D eigenvalue weighted by Crippen LogP contribution is -2.47. The molecule has 1 aromatic heterocycles. The van der Waals surface area contributed by atoms with Gasteiger partial charge in [0.25, 0.3) is 5.91 Å². The quantitative estimate of drug-likeness (QED) is 0.333. The lowest BCUT2D eigenvalue weighted by Gasteiger charge is -2.19. The van der Waals surface area contributed by atoms with Crippen molar-refractivity contribution in [3.8, 4) is 23.7 Å². The van der Waals surface area contributed by atoms with Crippen molar-refractivity contribution >= 4 is 11.7 Å². The Labute approximate surface area is 188 Å². The van der Waals surface area contributed by atoms with Crippen LogP contribution >= 0.6 is 0 Å². The Hall–Kier alpha value is -3.36. The molecule has 1 aromatic carbocycles. The number of furan rings is 1. The van der Waals surface area contributed by atoms with E-state index in [1.54, 1.807) is 37.3 Å². The number of hydrogen-bond acceptors (Lipinski definition) is 6. The van der Waals surface area contributed by atoms with Crippen LogP contribution in [0.25, 0.3) is 0 Å². The fourth-order valence-corrected chi connectivity index (χ4v) is 2.79. The number of carbonyl (C=O) groups excluding carboxylic acids is 2. The second-order valence-electron chi connectivity index (χ2n) is 7.17. The van der Waals surface area contributed by atoms with Crippen molar-refractivity contribution in [3.05, 3.63) is 59.0 Å². The van der Waals surface area contributed by atoms with Gasteiger partial charge < -0.3 is 25.9 Å². The third-order valence-electron chi connectivity index (χ3n) is 4.59. The molecule has 168 valence electrons. The highest BCUT2D eigenvalue weighted by atomic mass is 16.3. The zero-order valence-electron chi connectivity index (χ0n) is 18.4. The highest BCUT2D eigenvalue weighted by Gasteiger charge is 2.24. The maximum atomic E-state index is 12.4. The molecule has 0 saturated heterocycles. The number of Topliss-reactive ketones (excluding diaryl/α,β-unsaturated/α-hetero) is 1. The third-order valence-corrected chi connectivity index (χ3v) is 4.59. The van der Waals surface area contributed by atoms with Crippen LogP contribution in [0.3, 0.4) is 0 Å². The van der Waals surface area contributed by atoms with Gasteiger partial charge in [-0.05, 0) is 80.6 Å². The Morgan fingerprint density at radius 3 is 2.50 bits per heavy atom. The molecule has 2 rings (SSSR count). The highest BCUT2D eigenvalue weighted by Crippen LogP contribution is 2.07. The van der Waals surface area contributed by atoms with E-state index in [-0.39, 0.29) is 12.2 Å². The predicted molar refractivity (Wildman–Crippen MR) is 123 cm³/mol. The molecule has 7 heteroatoms. The van der Waals surface area contributed by atoms with Gasteiger partial charge in [-0.25, -0.2) is 0 Å². The number of rotatable bonds is 10. The summed E-state index contributed by atoms with van der Waals surface area (Å²) in [5.74, 6) is 12.0. The van der Waals surface area contributed by atoms with Crippen LogP contribution < -0.4 is 16.4 Å². The van der Waals surface area contributed by atoms with Gasteiger partial charge in [-0.2, -0.15) is 0 Å². The Kier molecular flexibility index (Phi) is 10.2. The summed E-state index contributed by atoms with van der Waals surface area (Å²) in [6.07, 6.45) is 0.180. The molecule has 0 radical (unpaired) electrons. The minimum absolute atomic E-state index is 0.221. The Balaban J connectivity index is 1.92. The molecule has 5 N–H and O–H groups in total. The Bertz CT molecular complexity index is 1020. The molecule has 1 amide bonds. The zero-order valence-corrected chi connectivity index (χ0v) is 18.4. The largest absolute Gasteiger partial charge is 0.451 e. The van der Waals surface area contributed by atoms with Crippen LogP contribution in [0, 0.1) is 23.7 Å². The molecule has 1 heterocycles. The SMILES string of the molecule is CCC(=O)[C@@H](NC(=O)c1ccc(C#CC#Cc2ccc(CNCCCN)o2)cc1)[C@H](C)O. The molecule has 2 atom stereocenters. The van der Waals surface area contributed by atoms with Crippen molar-refractivity contribution in [2.24, 2.45) is 5.73 Å². The minimum Gasteiger partial charge on any atom is -0.451 e. The number of aliphatic hydroxyl groups excluding tert-OH is 1. The second kappa shape index (κ2) is 13.1. The average Bonchev–Trinajstić information content (AvgIpc) is 3.25. The molecule has 0 aliphatic heterocycles. The van der Waals surface area contributed by atoms with Crippen molar-refractivity contribution in [2.45, 2.75) is 45.4 Å². The van der Waals surface area contributed by atoms with Crippen LogP contribution in [0.2, 0.25) is 0 Å². The molecular formula is C25H29N3O4. The van der Waals surface area contributed by atoms with Gasteiger partial charge in [0.1, 0.15) is 11.8 Å². The fourth-order valence-electron chi connectivity index (χ4n) is 2.79. The standard InChI is InChI=1S/C25H29N3O4/c1-3-23(30)24(18(2)29)28-25(31)20-11-9-19(10-12-20)7-4-5-8-21-13-14-22(32-21)17-27-16-6-15-26/h9-14,18,24,27,29H,3,6,15-17,26H2,1-2H3,(H,28,31)/t18-,24-/m0/s1. The van der Waals surface area contributed by atoms with Crippen LogP contribution in [0.4, 0.5) is 0 Å². The van der Waals surface area contributed by atoms with E-state index in [0.29, 0.717) is 30.0 Å². The first-order valence-corrected chi connectivity index (χ1v) is 10.6. The summed E-state index contributed by atoms with van der Waals surface area (Å²) < 4.78 is 5.61. The first-order chi connectivity index (χ1) is 15.4. The molecule has 2 aromatic rings. The van der Waals surface area contributed by atoms with Crippen molar-refractivity contribution in [3.63, 3.8) is 0 Å². The van der Waals surface area contributed by atoms with Gasteiger partial charge in [-0.3, -0.25) is 9.59 Å². The first-order valence-electron chi connectivity index (χ1n) is 10.6. The summed E-state index contributed by atoms with van der Waals surface area (Å²) >= 11 is 0. The smallest absolute Gasteiger partial charge is 0.251 e. The fraction of sp³-hybridized carbons (Fsp3) is 0.360. The molecule has 0 fully saturated rings. The van der Waals surface area contributed by atoms with Gasteiger partial charge in [-0.1, -0.05) is 12.8 Å². The average molecular weight is 436 g/mol. The van der Waals surface area contributed by atoms with E-state index in [1.165, 1.54) is 6.92 Å². The van der Waals surface area contributed by atoms with E-state index >= 15 is 0 Å². The number of amides is 1. The third kappa shape index (κ3) is 8.05. The van der Waals surface area contributed by atoms with Crippen LogP contribution in [-0.2, 0) is 11.3 Å². The second-order valence-corrected chi connectivity index (χ2v) is 7.17. The minimum atomic E-state index is -0.965. The molecule has 32 heavy (non-hydrogen) atoms. The van der Waals surface area contributed by atoms with E-state index in [4.69, 9.17) is 10.2 Å². The molecule has 0 unspecified atom stereocenters. The van der Waals surface area contributed by atoms with E-state index in [0.717, 1.165) is 18.7 Å². The van der Waals surface area contributed by atoms with E-state index in [9.17, 15) is 14.7 Å². The van der Waals surface area contributed by atoms with Crippen molar-refractivity contribution in [1.82, 2.24) is 10.6 Å². The number of carbonyl (C=O) groups is 2. The summed E-state index contributed by atoms with van der Waals surface area (Å²) in [4.78, 5) is 24.2. The summed E-state index contributed by atoms with van der Waals surface area (Å²) in [5.41, 5.74) is 6.52. The van der Waals surface area contributed by atoms with Crippen molar-refractivity contribution in [1.29, 1.82) is 0 Å². The summed E-state index contributed by atoms with van der Waals surface area (Å²) in [7, 11) is 0. The van der Waals surface area contributed by atoms with Crippen molar-refractivity contribution in [2.75, 3.05) is 13.1 Å². The van der Waals surface area contributed by atoms with Gasteiger partial charge >= 0.3 is 0 Å². The number of nitrogens with one attached hydrogen (secondary N) is 2. The number of nitrogens with two attached hydrogens (primary N) is 1. The van der Waals surface area contributed by atoms with Crippen LogP contribution in [0.5, 0.6) is 0 Å². The lowest BCUT2D eigenvalue weighted by atomic mass is 10.0. The molecule has 0 aliphatic rings. The van der Waals surface area contributed by atoms with Gasteiger partial charge in [0.15, 0.2) is 11.5 Å². The lowest BCUT2D eigenvalue weighted by molar-refractivity contribution is -0.122. The van der Waals surface area contributed by atoms with Crippen molar-refractivity contribution < 1.29 is 19.1 Å². The topological polar surface area (TPSA) is 118 Å². The molecule has 0 spiro atoms. The summed E-state index contributed by atoms with van der Waals surface area (Å²) in [6, 6.07) is 9.35. The first kappa shape index (κ1) is 24.9. The molecular weight excluding hydrogens is 406 g/mol. The molecule has 0 bridgehead atoms. The number of benzene rings is 1. The van der Waals surface area contributed by atoms with Gasteiger partial charge in [0.2, 0.25) is 0 Å². The number of hydrogen-bond donors (Lipinski definition) is 4. The summed E-state index contributed by atoms with van der Waals surface area (Å²) in [5, 5.41) is 15.5. The zero-order chi connectivity index (χ0) is 23.3. The molecule has 0 aliphatic carbocycles. The molecule has 0 saturated carbocycles.